The number of fused-ring (bicyclic) bond motifs is 1. The van der Waals surface area contributed by atoms with E-state index in [2.05, 4.69) is 33.2 Å². The molecule has 4 aromatic rings. The van der Waals surface area contributed by atoms with Crippen LogP contribution < -0.4 is 21.1 Å². The van der Waals surface area contributed by atoms with Gasteiger partial charge < -0.3 is 21.1 Å². The molecule has 0 bridgehead atoms. The molecule has 2 aromatic heterocycles. The highest BCUT2D eigenvalue weighted by Gasteiger charge is 2.29. The highest BCUT2D eigenvalue weighted by molar-refractivity contribution is 5.78. The monoisotopic (exact) mass is 471 g/mol. The lowest BCUT2D eigenvalue weighted by atomic mass is 9.85. The van der Waals surface area contributed by atoms with Crippen molar-refractivity contribution in [3.63, 3.8) is 0 Å². The number of imidazole rings is 1. The van der Waals surface area contributed by atoms with Crippen LogP contribution in [0.2, 0.25) is 0 Å². The molecule has 1 amide bonds. The van der Waals surface area contributed by atoms with Gasteiger partial charge in [-0.15, -0.1) is 0 Å². The normalized spacial score (nSPS) is 17.8. The molecule has 0 atom stereocenters. The molecule has 180 valence electrons. The molecule has 4 N–H and O–H groups in total. The first-order valence-electron chi connectivity index (χ1n) is 11.8. The van der Waals surface area contributed by atoms with E-state index < -0.39 is 0 Å². The summed E-state index contributed by atoms with van der Waals surface area (Å²) in [6.45, 7) is 2.06. The van der Waals surface area contributed by atoms with Crippen LogP contribution in [0, 0.1) is 12.8 Å². The smallest absolute Gasteiger partial charge is 0.229 e. The van der Waals surface area contributed by atoms with E-state index in [-0.39, 0.29) is 17.9 Å². The first kappa shape index (κ1) is 22.6. The molecule has 0 aliphatic heterocycles. The fourth-order valence-electron chi connectivity index (χ4n) is 4.64. The Morgan fingerprint density at radius 3 is 2.46 bits per heavy atom. The molecule has 0 radical (unpaired) electrons. The van der Waals surface area contributed by atoms with Crippen molar-refractivity contribution in [2.75, 3.05) is 17.7 Å². The highest BCUT2D eigenvalue weighted by atomic mass is 16.5. The maximum Gasteiger partial charge on any atom is 0.229 e. The fourth-order valence-corrected chi connectivity index (χ4v) is 4.64. The zero-order valence-corrected chi connectivity index (χ0v) is 19.9. The summed E-state index contributed by atoms with van der Waals surface area (Å²) in [6, 6.07) is 15.8. The molecule has 1 saturated carbocycles. The van der Waals surface area contributed by atoms with Gasteiger partial charge in [-0.05, 0) is 68.5 Å². The number of aromatic nitrogens is 4. The maximum absolute atomic E-state index is 11.7. The number of anilines is 4. The van der Waals surface area contributed by atoms with Crippen molar-refractivity contribution >= 4 is 40.3 Å². The Balaban J connectivity index is 1.51. The van der Waals surface area contributed by atoms with Gasteiger partial charge in [0.15, 0.2) is 5.65 Å². The lowest BCUT2D eigenvalue weighted by molar-refractivity contribution is -0.122. The number of amides is 1. The average molecular weight is 472 g/mol. The minimum absolute atomic E-state index is 0.0734. The number of benzene rings is 2. The Kier molecular flexibility index (Phi) is 6.22. The van der Waals surface area contributed by atoms with Crippen LogP contribution in [0.3, 0.4) is 0 Å². The van der Waals surface area contributed by atoms with Crippen molar-refractivity contribution in [1.82, 2.24) is 19.5 Å². The van der Waals surface area contributed by atoms with E-state index in [0.29, 0.717) is 17.4 Å². The van der Waals surface area contributed by atoms with Crippen LogP contribution in [-0.4, -0.2) is 32.5 Å². The number of nitrogens with two attached hydrogens (primary N) is 1. The summed E-state index contributed by atoms with van der Waals surface area (Å²) in [5, 5.41) is 6.77. The number of carbonyl (C=O) groups excluding carboxylic acids is 1. The molecule has 1 aliphatic carbocycles. The second kappa shape index (κ2) is 9.61. The van der Waals surface area contributed by atoms with E-state index in [0.717, 1.165) is 54.0 Å². The molecule has 0 unspecified atom stereocenters. The number of ether oxygens (including phenoxy) is 1. The third kappa shape index (κ3) is 4.75. The molecular formula is C26H29N7O2. The van der Waals surface area contributed by atoms with Crippen LogP contribution in [-0.2, 0) is 4.79 Å². The molecule has 9 nitrogen and oxygen atoms in total. The quantitative estimate of drug-likeness (QED) is 0.352. The van der Waals surface area contributed by atoms with Gasteiger partial charge in [0.2, 0.25) is 17.8 Å². The van der Waals surface area contributed by atoms with Gasteiger partial charge in [0.05, 0.1) is 13.3 Å². The highest BCUT2D eigenvalue weighted by Crippen LogP contribution is 2.37. The van der Waals surface area contributed by atoms with E-state index in [9.17, 15) is 4.79 Å². The molecular weight excluding hydrogens is 442 g/mol. The predicted octanol–water partition coefficient (Wildman–Crippen LogP) is 4.85. The van der Waals surface area contributed by atoms with E-state index in [1.165, 1.54) is 0 Å². The lowest BCUT2D eigenvalue weighted by Gasteiger charge is -2.29. The zero-order chi connectivity index (χ0) is 24.4. The largest absolute Gasteiger partial charge is 0.497 e. The number of hydrogen-bond acceptors (Lipinski definition) is 7. The average Bonchev–Trinajstić information content (AvgIpc) is 3.23. The minimum atomic E-state index is -0.217. The Labute approximate surface area is 203 Å². The Hall–Kier alpha value is -4.14. The standard InChI is InChI=1S/C26H29N7O2/c1-16-5-3-4-6-21(16)30-26-31-22-15-28-25(29-18-9-13-20(35-2)14-10-18)32-24(22)33(26)19-11-7-17(8-12-19)23(27)34/h3-6,9-10,13-15,17,19H,7-8,11-12H2,1-2H3,(H2,27,34)(H,30,31)(H,28,29,32)/t17-,19+. The topological polar surface area (TPSA) is 120 Å². The molecule has 1 aliphatic rings. The van der Waals surface area contributed by atoms with Gasteiger partial charge in [0.25, 0.3) is 0 Å². The molecule has 0 saturated heterocycles. The van der Waals surface area contributed by atoms with E-state index in [1.807, 2.05) is 42.5 Å². The van der Waals surface area contributed by atoms with Gasteiger partial charge in [-0.3, -0.25) is 9.36 Å². The number of para-hydroxylation sites is 1. The Morgan fingerprint density at radius 2 is 1.77 bits per heavy atom. The van der Waals surface area contributed by atoms with Gasteiger partial charge in [0, 0.05) is 23.3 Å². The van der Waals surface area contributed by atoms with Crippen LogP contribution in [0.15, 0.2) is 54.7 Å². The van der Waals surface area contributed by atoms with Crippen molar-refractivity contribution < 1.29 is 9.53 Å². The lowest BCUT2D eigenvalue weighted by Crippen LogP contribution is -2.28. The number of methoxy groups -OCH3 is 1. The molecule has 5 rings (SSSR count). The Bertz CT molecular complexity index is 1340. The summed E-state index contributed by atoms with van der Waals surface area (Å²) >= 11 is 0. The van der Waals surface area contributed by atoms with Gasteiger partial charge in [-0.1, -0.05) is 18.2 Å². The van der Waals surface area contributed by atoms with Crippen LogP contribution in [0.1, 0.15) is 37.3 Å². The number of nitrogens with zero attached hydrogens (tertiary/aromatic N) is 4. The summed E-state index contributed by atoms with van der Waals surface area (Å²) in [5.41, 5.74) is 9.99. The number of rotatable bonds is 7. The van der Waals surface area contributed by atoms with Gasteiger partial charge in [-0.25, -0.2) is 9.97 Å². The number of carbonyl (C=O) groups is 1. The maximum atomic E-state index is 11.7. The first-order chi connectivity index (χ1) is 17.0. The SMILES string of the molecule is COc1ccc(Nc2ncc3nc(Nc4ccccc4C)n([C@H]4CC[C@@H](C(N)=O)CC4)c3n2)cc1. The number of aryl methyl sites for hydroxylation is 1. The summed E-state index contributed by atoms with van der Waals surface area (Å²) < 4.78 is 7.39. The molecule has 35 heavy (non-hydrogen) atoms. The fraction of sp³-hybridized carbons (Fsp3) is 0.308. The molecule has 0 spiro atoms. The van der Waals surface area contributed by atoms with Crippen molar-refractivity contribution in [2.45, 2.75) is 38.6 Å². The Morgan fingerprint density at radius 1 is 1.03 bits per heavy atom. The summed E-state index contributed by atoms with van der Waals surface area (Å²) in [4.78, 5) is 25.9. The molecule has 1 fully saturated rings. The van der Waals surface area contributed by atoms with Gasteiger partial charge in [-0.2, -0.15) is 4.98 Å². The second-order valence-electron chi connectivity index (χ2n) is 8.91. The van der Waals surface area contributed by atoms with Crippen molar-refractivity contribution in [1.29, 1.82) is 0 Å². The summed E-state index contributed by atoms with van der Waals surface area (Å²) in [5.74, 6) is 1.69. The third-order valence-corrected chi connectivity index (χ3v) is 6.63. The number of hydrogen-bond donors (Lipinski definition) is 3. The van der Waals surface area contributed by atoms with E-state index >= 15 is 0 Å². The number of nitrogens with one attached hydrogen (secondary N) is 2. The van der Waals surface area contributed by atoms with Crippen LogP contribution >= 0.6 is 0 Å². The molecule has 2 aromatic carbocycles. The second-order valence-corrected chi connectivity index (χ2v) is 8.91. The van der Waals surface area contributed by atoms with Gasteiger partial charge >= 0.3 is 0 Å². The molecule has 9 heteroatoms. The van der Waals surface area contributed by atoms with Crippen molar-refractivity contribution in [3.8, 4) is 5.75 Å². The van der Waals surface area contributed by atoms with Crippen LogP contribution in [0.25, 0.3) is 11.2 Å². The van der Waals surface area contributed by atoms with Crippen molar-refractivity contribution in [2.24, 2.45) is 11.7 Å². The van der Waals surface area contributed by atoms with Crippen molar-refractivity contribution in [3.05, 3.63) is 60.3 Å². The van der Waals surface area contributed by atoms with Crippen LogP contribution in [0.5, 0.6) is 5.75 Å². The molecule has 2 heterocycles. The predicted molar refractivity (Wildman–Crippen MR) is 136 cm³/mol. The van der Waals surface area contributed by atoms with Gasteiger partial charge in [0.1, 0.15) is 11.3 Å². The van der Waals surface area contributed by atoms with E-state index in [4.69, 9.17) is 20.4 Å². The first-order valence-corrected chi connectivity index (χ1v) is 11.8. The summed E-state index contributed by atoms with van der Waals surface area (Å²) in [7, 11) is 1.64. The summed E-state index contributed by atoms with van der Waals surface area (Å²) in [6.07, 6.45) is 4.90. The third-order valence-electron chi connectivity index (χ3n) is 6.63. The van der Waals surface area contributed by atoms with E-state index in [1.54, 1.807) is 13.3 Å². The number of primary amides is 1. The van der Waals surface area contributed by atoms with Crippen LogP contribution in [0.4, 0.5) is 23.3 Å². The minimum Gasteiger partial charge on any atom is -0.497 e. The zero-order valence-electron chi connectivity index (χ0n) is 19.9.